The molecule has 1 heterocycles. The maximum atomic E-state index is 11.8. The molecule has 1 aliphatic heterocycles. The van der Waals surface area contributed by atoms with Crippen molar-refractivity contribution in [2.24, 2.45) is 0 Å². The second-order valence-corrected chi connectivity index (χ2v) is 6.82. The molecule has 0 N–H and O–H groups in total. The average Bonchev–Trinajstić information content (AvgIpc) is 2.57. The number of amides is 1. The molecule has 0 aromatic heterocycles. The van der Waals surface area contributed by atoms with Crippen molar-refractivity contribution in [1.82, 2.24) is 0 Å². The van der Waals surface area contributed by atoms with Gasteiger partial charge in [0.1, 0.15) is 0 Å². The van der Waals surface area contributed by atoms with E-state index in [1.807, 2.05) is 11.0 Å². The molecule has 0 radical (unpaired) electrons. The van der Waals surface area contributed by atoms with Crippen molar-refractivity contribution in [3.05, 3.63) is 28.2 Å². The summed E-state index contributed by atoms with van der Waals surface area (Å²) in [6, 6.07) is 6.23. The van der Waals surface area contributed by atoms with Crippen LogP contribution in [0, 0.1) is 0 Å². The molecule has 1 aromatic rings. The SMILES string of the molecule is CC(C)c1ccc(N2CC(Br)CC2=O)c(Br)c1. The minimum absolute atomic E-state index is 0.185. The molecule has 1 unspecified atom stereocenters. The summed E-state index contributed by atoms with van der Waals surface area (Å²) in [6.07, 6.45) is 0.582. The summed E-state index contributed by atoms with van der Waals surface area (Å²) in [5, 5.41) is 0. The van der Waals surface area contributed by atoms with Crippen LogP contribution in [0.3, 0.4) is 0 Å². The average molecular weight is 361 g/mol. The zero-order valence-corrected chi connectivity index (χ0v) is 13.1. The lowest BCUT2D eigenvalue weighted by atomic mass is 10.0. The third-order valence-electron chi connectivity index (χ3n) is 3.01. The van der Waals surface area contributed by atoms with Crippen molar-refractivity contribution in [1.29, 1.82) is 0 Å². The lowest BCUT2D eigenvalue weighted by molar-refractivity contribution is -0.117. The number of anilines is 1. The molecule has 0 aliphatic carbocycles. The van der Waals surface area contributed by atoms with Crippen molar-refractivity contribution in [3.8, 4) is 0 Å². The third kappa shape index (κ3) is 2.74. The third-order valence-corrected chi connectivity index (χ3v) is 4.26. The first-order valence-electron chi connectivity index (χ1n) is 5.73. The van der Waals surface area contributed by atoms with E-state index in [1.54, 1.807) is 0 Å². The molecule has 1 aromatic carbocycles. The van der Waals surface area contributed by atoms with Crippen LogP contribution >= 0.6 is 31.9 Å². The van der Waals surface area contributed by atoms with Gasteiger partial charge in [-0.2, -0.15) is 0 Å². The lowest BCUT2D eigenvalue weighted by Crippen LogP contribution is -2.24. The van der Waals surface area contributed by atoms with E-state index in [4.69, 9.17) is 0 Å². The predicted molar refractivity (Wildman–Crippen MR) is 77.9 cm³/mol. The molecule has 4 heteroatoms. The van der Waals surface area contributed by atoms with Crippen LogP contribution in [0.25, 0.3) is 0 Å². The number of benzene rings is 1. The number of carbonyl (C=O) groups is 1. The molecule has 2 rings (SSSR count). The number of halogens is 2. The molecule has 0 saturated carbocycles. The molecule has 0 bridgehead atoms. The van der Waals surface area contributed by atoms with Crippen LogP contribution in [0.4, 0.5) is 5.69 Å². The number of carbonyl (C=O) groups excluding carboxylic acids is 1. The highest BCUT2D eigenvalue weighted by Crippen LogP contribution is 2.33. The Bertz CT molecular complexity index is 445. The molecule has 1 fully saturated rings. The number of alkyl halides is 1. The van der Waals surface area contributed by atoms with E-state index in [9.17, 15) is 4.79 Å². The van der Waals surface area contributed by atoms with Crippen LogP contribution in [-0.4, -0.2) is 17.3 Å². The maximum absolute atomic E-state index is 11.8. The van der Waals surface area contributed by atoms with Crippen LogP contribution in [0.1, 0.15) is 31.7 Å². The van der Waals surface area contributed by atoms with Crippen LogP contribution in [-0.2, 0) is 4.79 Å². The highest BCUT2D eigenvalue weighted by atomic mass is 79.9. The molecule has 17 heavy (non-hydrogen) atoms. The van der Waals surface area contributed by atoms with Crippen molar-refractivity contribution >= 4 is 43.5 Å². The summed E-state index contributed by atoms with van der Waals surface area (Å²) in [6.45, 7) is 5.08. The summed E-state index contributed by atoms with van der Waals surface area (Å²) in [5.41, 5.74) is 2.25. The Labute approximate surface area is 119 Å². The van der Waals surface area contributed by atoms with Crippen LogP contribution in [0.15, 0.2) is 22.7 Å². The maximum Gasteiger partial charge on any atom is 0.228 e. The fourth-order valence-corrected chi connectivity index (χ4v) is 3.18. The Hall–Kier alpha value is -0.350. The van der Waals surface area contributed by atoms with Gasteiger partial charge in [-0.25, -0.2) is 0 Å². The normalized spacial score (nSPS) is 20.4. The smallest absolute Gasteiger partial charge is 0.228 e. The second-order valence-electron chi connectivity index (χ2n) is 4.67. The van der Waals surface area contributed by atoms with E-state index in [1.165, 1.54) is 5.56 Å². The summed E-state index contributed by atoms with van der Waals surface area (Å²) >= 11 is 7.06. The monoisotopic (exact) mass is 359 g/mol. The Balaban J connectivity index is 2.31. The zero-order chi connectivity index (χ0) is 12.6. The Morgan fingerprint density at radius 2 is 2.12 bits per heavy atom. The summed E-state index contributed by atoms with van der Waals surface area (Å²) < 4.78 is 0.999. The summed E-state index contributed by atoms with van der Waals surface area (Å²) in [7, 11) is 0. The van der Waals surface area contributed by atoms with Gasteiger partial charge in [0.25, 0.3) is 0 Å². The Kier molecular flexibility index (Phi) is 3.93. The molecule has 2 nitrogen and oxygen atoms in total. The van der Waals surface area contributed by atoms with E-state index >= 15 is 0 Å². The number of hydrogen-bond donors (Lipinski definition) is 0. The fraction of sp³-hybridized carbons (Fsp3) is 0.462. The van der Waals surface area contributed by atoms with E-state index in [0.29, 0.717) is 12.3 Å². The topological polar surface area (TPSA) is 20.3 Å². The lowest BCUT2D eigenvalue weighted by Gasteiger charge is -2.19. The summed E-state index contributed by atoms with van der Waals surface area (Å²) in [5.74, 6) is 0.684. The Morgan fingerprint density at radius 1 is 1.41 bits per heavy atom. The van der Waals surface area contributed by atoms with Gasteiger partial charge in [0.15, 0.2) is 0 Å². The largest absolute Gasteiger partial charge is 0.310 e. The van der Waals surface area contributed by atoms with Crippen LogP contribution in [0.5, 0.6) is 0 Å². The van der Waals surface area contributed by atoms with Gasteiger partial charge in [-0.1, -0.05) is 35.8 Å². The molecule has 1 aliphatic rings. The quantitative estimate of drug-likeness (QED) is 0.728. The molecule has 1 saturated heterocycles. The number of rotatable bonds is 2. The molecule has 0 spiro atoms. The number of nitrogens with zero attached hydrogens (tertiary/aromatic N) is 1. The van der Waals surface area contributed by atoms with Crippen molar-refractivity contribution < 1.29 is 4.79 Å². The van der Waals surface area contributed by atoms with Gasteiger partial charge in [-0.3, -0.25) is 4.79 Å². The first-order chi connectivity index (χ1) is 7.99. The predicted octanol–water partition coefficient (Wildman–Crippen LogP) is 4.07. The van der Waals surface area contributed by atoms with Gasteiger partial charge in [0.2, 0.25) is 5.91 Å². The van der Waals surface area contributed by atoms with Gasteiger partial charge in [-0.15, -0.1) is 0 Å². The van der Waals surface area contributed by atoms with Crippen molar-refractivity contribution in [2.45, 2.75) is 31.0 Å². The van der Waals surface area contributed by atoms with E-state index < -0.39 is 0 Å². The van der Waals surface area contributed by atoms with Crippen LogP contribution < -0.4 is 4.90 Å². The Morgan fingerprint density at radius 3 is 2.59 bits per heavy atom. The van der Waals surface area contributed by atoms with Crippen LogP contribution in [0.2, 0.25) is 0 Å². The van der Waals surface area contributed by atoms with Gasteiger partial charge in [-0.05, 0) is 39.5 Å². The fourth-order valence-electron chi connectivity index (χ4n) is 2.00. The number of hydrogen-bond acceptors (Lipinski definition) is 1. The highest BCUT2D eigenvalue weighted by molar-refractivity contribution is 9.10. The molecule has 1 amide bonds. The summed E-state index contributed by atoms with van der Waals surface area (Å²) in [4.78, 5) is 13.9. The van der Waals surface area contributed by atoms with Gasteiger partial charge in [0.05, 0.1) is 5.69 Å². The van der Waals surface area contributed by atoms with E-state index in [-0.39, 0.29) is 10.7 Å². The molecular formula is C13H15Br2NO. The molecular weight excluding hydrogens is 346 g/mol. The standard InChI is InChI=1S/C13H15Br2NO/c1-8(2)9-3-4-12(11(15)5-9)16-7-10(14)6-13(16)17/h3-5,8,10H,6-7H2,1-2H3. The first kappa shape index (κ1) is 13.1. The van der Waals surface area contributed by atoms with Crippen molar-refractivity contribution in [2.75, 3.05) is 11.4 Å². The molecule has 1 atom stereocenters. The van der Waals surface area contributed by atoms with Gasteiger partial charge in [0, 0.05) is 22.3 Å². The molecule has 92 valence electrons. The van der Waals surface area contributed by atoms with E-state index in [0.717, 1.165) is 16.7 Å². The van der Waals surface area contributed by atoms with Gasteiger partial charge < -0.3 is 4.90 Å². The minimum Gasteiger partial charge on any atom is -0.310 e. The second kappa shape index (κ2) is 5.11. The first-order valence-corrected chi connectivity index (χ1v) is 7.43. The zero-order valence-electron chi connectivity index (χ0n) is 9.91. The van der Waals surface area contributed by atoms with Crippen molar-refractivity contribution in [3.63, 3.8) is 0 Å². The highest BCUT2D eigenvalue weighted by Gasteiger charge is 2.29. The minimum atomic E-state index is 0.185. The van der Waals surface area contributed by atoms with Gasteiger partial charge >= 0.3 is 0 Å². The van der Waals surface area contributed by atoms with E-state index in [2.05, 4.69) is 57.8 Å².